The molecule has 3 rings (SSSR count). The predicted molar refractivity (Wildman–Crippen MR) is 103 cm³/mol. The smallest absolute Gasteiger partial charge is 0.315 e. The number of ether oxygens (including phenoxy) is 1. The van der Waals surface area contributed by atoms with Crippen molar-refractivity contribution < 1.29 is 13.9 Å². The summed E-state index contributed by atoms with van der Waals surface area (Å²) in [6, 6.07) is 24.9. The second-order valence-corrected chi connectivity index (χ2v) is 5.96. The molecule has 0 aromatic heterocycles. The van der Waals surface area contributed by atoms with Crippen molar-refractivity contribution in [2.45, 2.75) is 6.04 Å². The molecule has 0 radical (unpaired) electrons. The van der Waals surface area contributed by atoms with Gasteiger partial charge >= 0.3 is 6.03 Å². The van der Waals surface area contributed by atoms with E-state index < -0.39 is 0 Å². The van der Waals surface area contributed by atoms with Gasteiger partial charge in [0.15, 0.2) is 0 Å². The summed E-state index contributed by atoms with van der Waals surface area (Å²) >= 11 is 0. The lowest BCUT2D eigenvalue weighted by molar-refractivity contribution is 0.234. The normalized spacial score (nSPS) is 10.4. The summed E-state index contributed by atoms with van der Waals surface area (Å²) < 4.78 is 18.5. The molecule has 0 bridgehead atoms. The van der Waals surface area contributed by atoms with Crippen LogP contribution in [0.2, 0.25) is 0 Å². The highest BCUT2D eigenvalue weighted by Crippen LogP contribution is 2.21. The Labute approximate surface area is 158 Å². The Morgan fingerprint density at radius 1 is 0.889 bits per heavy atom. The number of nitrogens with one attached hydrogen (secondary N) is 2. The third kappa shape index (κ3) is 5.57. The van der Waals surface area contributed by atoms with Gasteiger partial charge in [-0.15, -0.1) is 0 Å². The van der Waals surface area contributed by atoms with Crippen LogP contribution in [0, 0.1) is 5.82 Å². The van der Waals surface area contributed by atoms with Crippen molar-refractivity contribution >= 4 is 6.03 Å². The van der Waals surface area contributed by atoms with E-state index in [4.69, 9.17) is 4.74 Å². The summed E-state index contributed by atoms with van der Waals surface area (Å²) in [6.07, 6.45) is 0. The van der Waals surface area contributed by atoms with Crippen molar-refractivity contribution in [1.82, 2.24) is 10.6 Å². The maximum Gasteiger partial charge on any atom is 0.315 e. The number of hydrogen-bond donors (Lipinski definition) is 2. The number of rotatable bonds is 7. The molecule has 0 saturated heterocycles. The first-order valence-electron chi connectivity index (χ1n) is 8.75. The molecule has 0 spiro atoms. The Balaban J connectivity index is 1.55. The van der Waals surface area contributed by atoms with E-state index in [0.29, 0.717) is 12.3 Å². The van der Waals surface area contributed by atoms with E-state index in [0.717, 1.165) is 11.1 Å². The van der Waals surface area contributed by atoms with Gasteiger partial charge in [-0.25, -0.2) is 9.18 Å². The molecule has 0 saturated carbocycles. The maximum atomic E-state index is 13.1. The molecular formula is C22H21FN2O2. The third-order valence-electron chi connectivity index (χ3n) is 3.99. The van der Waals surface area contributed by atoms with Crippen molar-refractivity contribution in [2.24, 2.45) is 0 Å². The van der Waals surface area contributed by atoms with Gasteiger partial charge in [-0.1, -0.05) is 66.7 Å². The molecular weight excluding hydrogens is 343 g/mol. The molecule has 0 fully saturated rings. The first kappa shape index (κ1) is 18.5. The van der Waals surface area contributed by atoms with Gasteiger partial charge in [0.25, 0.3) is 0 Å². The third-order valence-corrected chi connectivity index (χ3v) is 3.99. The molecule has 0 unspecified atom stereocenters. The van der Waals surface area contributed by atoms with E-state index in [-0.39, 0.29) is 24.5 Å². The highest BCUT2D eigenvalue weighted by molar-refractivity contribution is 5.75. The predicted octanol–water partition coefficient (Wildman–Crippen LogP) is 4.29. The summed E-state index contributed by atoms with van der Waals surface area (Å²) in [5.74, 6) is 0.0791. The number of benzene rings is 3. The van der Waals surface area contributed by atoms with Crippen molar-refractivity contribution in [3.63, 3.8) is 0 Å². The second-order valence-electron chi connectivity index (χ2n) is 5.96. The van der Waals surface area contributed by atoms with Crippen LogP contribution in [-0.4, -0.2) is 19.2 Å². The molecule has 27 heavy (non-hydrogen) atoms. The SMILES string of the molecule is O=C(NCCOc1cccc(F)c1)NC(c1ccccc1)c1ccccc1. The number of amides is 2. The van der Waals surface area contributed by atoms with Gasteiger partial charge < -0.3 is 15.4 Å². The molecule has 0 heterocycles. The molecule has 0 atom stereocenters. The average molecular weight is 364 g/mol. The monoisotopic (exact) mass is 364 g/mol. The molecule has 0 aliphatic rings. The summed E-state index contributed by atoms with van der Waals surface area (Å²) in [5, 5.41) is 5.76. The molecule has 2 amide bonds. The van der Waals surface area contributed by atoms with Gasteiger partial charge in [-0.2, -0.15) is 0 Å². The van der Waals surface area contributed by atoms with Crippen LogP contribution < -0.4 is 15.4 Å². The molecule has 3 aromatic rings. The van der Waals surface area contributed by atoms with Crippen LogP contribution in [0.25, 0.3) is 0 Å². The lowest BCUT2D eigenvalue weighted by Gasteiger charge is -2.20. The zero-order valence-electron chi connectivity index (χ0n) is 14.8. The summed E-state index contributed by atoms with van der Waals surface area (Å²) in [4.78, 5) is 12.3. The fourth-order valence-corrected chi connectivity index (χ4v) is 2.72. The minimum absolute atomic E-state index is 0.248. The first-order valence-corrected chi connectivity index (χ1v) is 8.75. The van der Waals surface area contributed by atoms with Gasteiger partial charge in [0.05, 0.1) is 12.6 Å². The quantitative estimate of drug-likeness (QED) is 0.615. The van der Waals surface area contributed by atoms with Crippen LogP contribution in [0.4, 0.5) is 9.18 Å². The van der Waals surface area contributed by atoms with Crippen LogP contribution in [0.3, 0.4) is 0 Å². The maximum absolute atomic E-state index is 13.1. The molecule has 0 aliphatic heterocycles. The number of carbonyl (C=O) groups excluding carboxylic acids is 1. The van der Waals surface area contributed by atoms with Crippen molar-refractivity contribution in [2.75, 3.05) is 13.2 Å². The largest absolute Gasteiger partial charge is 0.492 e. The number of hydrogen-bond acceptors (Lipinski definition) is 2. The average Bonchev–Trinajstić information content (AvgIpc) is 2.71. The minimum Gasteiger partial charge on any atom is -0.492 e. The Morgan fingerprint density at radius 3 is 2.11 bits per heavy atom. The molecule has 5 heteroatoms. The zero-order chi connectivity index (χ0) is 18.9. The number of halogens is 1. The standard InChI is InChI=1S/C22H21FN2O2/c23-19-12-7-13-20(16-19)27-15-14-24-22(26)25-21(17-8-3-1-4-9-17)18-10-5-2-6-11-18/h1-13,16,21H,14-15H2,(H2,24,25,26). The summed E-state index contributed by atoms with van der Waals surface area (Å²) in [5.41, 5.74) is 1.99. The molecule has 3 aromatic carbocycles. The van der Waals surface area contributed by atoms with Crippen LogP contribution in [0.1, 0.15) is 17.2 Å². The Morgan fingerprint density at radius 2 is 1.52 bits per heavy atom. The van der Waals surface area contributed by atoms with Gasteiger partial charge in [-0.05, 0) is 23.3 Å². The van der Waals surface area contributed by atoms with E-state index in [9.17, 15) is 9.18 Å². The molecule has 138 valence electrons. The van der Waals surface area contributed by atoms with Crippen LogP contribution in [0.5, 0.6) is 5.75 Å². The lowest BCUT2D eigenvalue weighted by Crippen LogP contribution is -2.40. The van der Waals surface area contributed by atoms with Crippen LogP contribution in [-0.2, 0) is 0 Å². The topological polar surface area (TPSA) is 50.4 Å². The fourth-order valence-electron chi connectivity index (χ4n) is 2.72. The molecule has 2 N–H and O–H groups in total. The highest BCUT2D eigenvalue weighted by Gasteiger charge is 2.16. The van der Waals surface area contributed by atoms with E-state index in [1.54, 1.807) is 12.1 Å². The second kappa shape index (κ2) is 9.38. The van der Waals surface area contributed by atoms with Crippen molar-refractivity contribution in [3.05, 3.63) is 102 Å². The Kier molecular flexibility index (Phi) is 6.41. The summed E-state index contributed by atoms with van der Waals surface area (Å²) in [7, 11) is 0. The lowest BCUT2D eigenvalue weighted by atomic mass is 9.99. The van der Waals surface area contributed by atoms with E-state index in [1.165, 1.54) is 12.1 Å². The van der Waals surface area contributed by atoms with E-state index in [2.05, 4.69) is 10.6 Å². The highest BCUT2D eigenvalue weighted by atomic mass is 19.1. The Bertz CT molecular complexity index is 817. The minimum atomic E-state index is -0.355. The Hall–Kier alpha value is -3.34. The fraction of sp³-hybridized carbons (Fsp3) is 0.136. The van der Waals surface area contributed by atoms with Crippen molar-refractivity contribution in [3.8, 4) is 5.75 Å². The molecule has 0 aliphatic carbocycles. The molecule has 4 nitrogen and oxygen atoms in total. The van der Waals surface area contributed by atoms with E-state index >= 15 is 0 Å². The van der Waals surface area contributed by atoms with Gasteiger partial charge in [0, 0.05) is 6.07 Å². The first-order chi connectivity index (χ1) is 13.2. The van der Waals surface area contributed by atoms with E-state index in [1.807, 2.05) is 60.7 Å². The van der Waals surface area contributed by atoms with Gasteiger partial charge in [0.2, 0.25) is 0 Å². The zero-order valence-corrected chi connectivity index (χ0v) is 14.8. The van der Waals surface area contributed by atoms with Crippen molar-refractivity contribution in [1.29, 1.82) is 0 Å². The number of urea groups is 1. The van der Waals surface area contributed by atoms with Gasteiger partial charge in [0.1, 0.15) is 18.2 Å². The van der Waals surface area contributed by atoms with Gasteiger partial charge in [-0.3, -0.25) is 0 Å². The van der Waals surface area contributed by atoms with Crippen LogP contribution in [0.15, 0.2) is 84.9 Å². The summed E-state index contributed by atoms with van der Waals surface area (Å²) in [6.45, 7) is 0.552. The number of carbonyl (C=O) groups is 1. The van der Waals surface area contributed by atoms with Crippen LogP contribution >= 0.6 is 0 Å².